The highest BCUT2D eigenvalue weighted by molar-refractivity contribution is 5.96. The van der Waals surface area contributed by atoms with E-state index >= 15 is 4.39 Å². The number of nitrogens with zero attached hydrogens (tertiary/aromatic N) is 4. The Morgan fingerprint density at radius 3 is 2.83 bits per heavy atom. The maximum Gasteiger partial charge on any atom is 0.238 e. The number of aromatic hydroxyl groups is 1. The number of fused-ring (bicyclic) bond motifs is 1. The number of morpholine rings is 1. The van der Waals surface area contributed by atoms with Gasteiger partial charge in [0.1, 0.15) is 23.8 Å². The number of hydrogen-bond acceptors (Lipinski definition) is 7. The zero-order valence-corrected chi connectivity index (χ0v) is 19.2. The molecule has 0 aliphatic carbocycles. The van der Waals surface area contributed by atoms with Gasteiger partial charge in [0.2, 0.25) is 5.91 Å². The molecule has 5 rings (SSSR count). The fourth-order valence-electron chi connectivity index (χ4n) is 4.53. The van der Waals surface area contributed by atoms with Crippen LogP contribution in [0.25, 0.3) is 22.2 Å². The van der Waals surface area contributed by atoms with Crippen molar-refractivity contribution in [1.29, 1.82) is 0 Å². The first-order chi connectivity index (χ1) is 17.0. The number of aromatic nitrogens is 2. The standard InChI is InChI=1S/C26H24FN5O3/c1-3-6-28-24-15(2)31-26(34)23(24)19-12-18(20(27)13-22(19)33)25-17-5-4-16(11-21(17)29-14-30-25)32-7-9-35-10-8-32/h3-6,11-14,23,33H,1,7-10H2,2H3,(H,31,34)/b28-6-. The molecule has 0 radical (unpaired) electrons. The Bertz CT molecular complexity index is 1400. The highest BCUT2D eigenvalue weighted by Gasteiger charge is 2.35. The average Bonchev–Trinajstić information content (AvgIpc) is 3.15. The van der Waals surface area contributed by atoms with Crippen molar-refractivity contribution in [3.05, 3.63) is 72.1 Å². The van der Waals surface area contributed by atoms with Crippen LogP contribution in [0.1, 0.15) is 18.4 Å². The lowest BCUT2D eigenvalue weighted by Crippen LogP contribution is -2.36. The number of phenolic OH excluding ortho intramolecular Hbond substituents is 1. The molecule has 35 heavy (non-hydrogen) atoms. The summed E-state index contributed by atoms with van der Waals surface area (Å²) in [6, 6.07) is 8.25. The second-order valence-electron chi connectivity index (χ2n) is 8.36. The SMILES string of the molecule is C=C/C=N\C1=C(C)NC(=O)C1c1cc(-c2ncnc3cc(N4CCOCC4)ccc23)c(F)cc1O. The van der Waals surface area contributed by atoms with Crippen molar-refractivity contribution in [2.45, 2.75) is 12.8 Å². The molecule has 1 aromatic heterocycles. The summed E-state index contributed by atoms with van der Waals surface area (Å²) in [6.45, 7) is 8.23. The highest BCUT2D eigenvalue weighted by atomic mass is 19.1. The molecular formula is C26H24FN5O3. The van der Waals surface area contributed by atoms with E-state index in [2.05, 4.69) is 31.8 Å². The van der Waals surface area contributed by atoms with E-state index in [1.807, 2.05) is 18.2 Å². The van der Waals surface area contributed by atoms with Crippen LogP contribution in [0.2, 0.25) is 0 Å². The Balaban J connectivity index is 1.61. The number of anilines is 1. The van der Waals surface area contributed by atoms with Gasteiger partial charge in [-0.05, 0) is 31.2 Å². The first-order valence-electron chi connectivity index (χ1n) is 11.2. The molecule has 1 fully saturated rings. The van der Waals surface area contributed by atoms with Gasteiger partial charge in [0, 0.05) is 53.3 Å². The quantitative estimate of drug-likeness (QED) is 0.549. The number of halogens is 1. The highest BCUT2D eigenvalue weighted by Crippen LogP contribution is 2.41. The zero-order chi connectivity index (χ0) is 24.5. The van der Waals surface area contributed by atoms with E-state index < -0.39 is 11.7 Å². The molecule has 2 aliphatic heterocycles. The summed E-state index contributed by atoms with van der Waals surface area (Å²) >= 11 is 0. The van der Waals surface area contributed by atoms with E-state index in [1.165, 1.54) is 24.7 Å². The number of benzene rings is 2. The lowest BCUT2D eigenvalue weighted by molar-refractivity contribution is -0.120. The normalized spacial score (nSPS) is 18.5. The molecule has 3 heterocycles. The summed E-state index contributed by atoms with van der Waals surface area (Å²) in [5, 5.41) is 14.0. The summed E-state index contributed by atoms with van der Waals surface area (Å²) in [5.74, 6) is -2.24. The third kappa shape index (κ3) is 4.15. The third-order valence-electron chi connectivity index (χ3n) is 6.23. The largest absolute Gasteiger partial charge is 0.508 e. The van der Waals surface area contributed by atoms with E-state index in [4.69, 9.17) is 4.74 Å². The molecule has 2 aromatic carbocycles. The lowest BCUT2D eigenvalue weighted by atomic mass is 9.92. The van der Waals surface area contributed by atoms with Gasteiger partial charge in [0.25, 0.3) is 0 Å². The Morgan fingerprint density at radius 1 is 1.26 bits per heavy atom. The molecule has 1 unspecified atom stereocenters. The van der Waals surface area contributed by atoms with Crippen LogP contribution < -0.4 is 10.2 Å². The Labute approximate surface area is 201 Å². The van der Waals surface area contributed by atoms with Crippen LogP contribution in [0.15, 0.2) is 65.7 Å². The van der Waals surface area contributed by atoms with Gasteiger partial charge >= 0.3 is 0 Å². The number of ether oxygens (including phenoxy) is 1. The number of aliphatic imine (C=N–C) groups is 1. The molecule has 1 amide bonds. The molecule has 0 bridgehead atoms. The van der Waals surface area contributed by atoms with Gasteiger partial charge in [-0.3, -0.25) is 9.79 Å². The van der Waals surface area contributed by atoms with Gasteiger partial charge in [0.15, 0.2) is 0 Å². The minimum absolute atomic E-state index is 0.161. The van der Waals surface area contributed by atoms with Crippen molar-refractivity contribution in [3.8, 4) is 17.0 Å². The number of nitrogens with one attached hydrogen (secondary N) is 1. The van der Waals surface area contributed by atoms with Crippen molar-refractivity contribution in [2.24, 2.45) is 4.99 Å². The number of phenols is 1. The lowest BCUT2D eigenvalue weighted by Gasteiger charge is -2.29. The molecule has 1 saturated heterocycles. The maximum absolute atomic E-state index is 15.2. The molecule has 3 aromatic rings. The minimum atomic E-state index is -0.897. The van der Waals surface area contributed by atoms with Crippen molar-refractivity contribution in [3.63, 3.8) is 0 Å². The minimum Gasteiger partial charge on any atom is -0.508 e. The molecule has 2 aliphatic rings. The van der Waals surface area contributed by atoms with E-state index in [1.54, 1.807) is 6.92 Å². The van der Waals surface area contributed by atoms with Crippen molar-refractivity contribution < 1.29 is 19.0 Å². The summed E-state index contributed by atoms with van der Waals surface area (Å²) in [6.07, 6.45) is 4.35. The van der Waals surface area contributed by atoms with Crippen LogP contribution in [-0.2, 0) is 9.53 Å². The first-order valence-corrected chi connectivity index (χ1v) is 11.2. The summed E-state index contributed by atoms with van der Waals surface area (Å²) in [7, 11) is 0. The smallest absolute Gasteiger partial charge is 0.238 e. The number of rotatable bonds is 5. The van der Waals surface area contributed by atoms with E-state index in [-0.39, 0.29) is 22.8 Å². The predicted molar refractivity (Wildman–Crippen MR) is 132 cm³/mol. The molecule has 178 valence electrons. The first kappa shape index (κ1) is 22.7. The molecule has 2 N–H and O–H groups in total. The van der Waals surface area contributed by atoms with Crippen LogP contribution >= 0.6 is 0 Å². The van der Waals surface area contributed by atoms with Gasteiger partial charge in [-0.2, -0.15) is 0 Å². The molecule has 8 nitrogen and oxygen atoms in total. The number of hydrogen-bond donors (Lipinski definition) is 2. The Kier molecular flexibility index (Phi) is 6.00. The monoisotopic (exact) mass is 473 g/mol. The van der Waals surface area contributed by atoms with Crippen LogP contribution in [0.4, 0.5) is 10.1 Å². The number of carbonyl (C=O) groups is 1. The topological polar surface area (TPSA) is 99.9 Å². The van der Waals surface area contributed by atoms with Gasteiger partial charge in [-0.15, -0.1) is 0 Å². The van der Waals surface area contributed by atoms with Crippen molar-refractivity contribution >= 4 is 28.7 Å². The average molecular weight is 474 g/mol. The molecule has 1 atom stereocenters. The van der Waals surface area contributed by atoms with Gasteiger partial charge in [-0.25, -0.2) is 14.4 Å². The number of allylic oxidation sites excluding steroid dienone is 2. The molecule has 9 heteroatoms. The van der Waals surface area contributed by atoms with Crippen LogP contribution in [-0.4, -0.2) is 53.5 Å². The summed E-state index contributed by atoms with van der Waals surface area (Å²) < 4.78 is 20.6. The van der Waals surface area contributed by atoms with Crippen molar-refractivity contribution in [2.75, 3.05) is 31.2 Å². The summed E-state index contributed by atoms with van der Waals surface area (Å²) in [5.41, 5.74) is 3.44. The third-order valence-corrected chi connectivity index (χ3v) is 6.23. The summed E-state index contributed by atoms with van der Waals surface area (Å²) in [4.78, 5) is 28.0. The van der Waals surface area contributed by atoms with E-state index in [0.717, 1.165) is 24.8 Å². The fourth-order valence-corrected chi connectivity index (χ4v) is 4.53. The van der Waals surface area contributed by atoms with Crippen LogP contribution in [0, 0.1) is 5.82 Å². The maximum atomic E-state index is 15.2. The Morgan fingerprint density at radius 2 is 2.06 bits per heavy atom. The molecule has 0 spiro atoms. The predicted octanol–water partition coefficient (Wildman–Crippen LogP) is 3.68. The number of amides is 1. The Hall–Kier alpha value is -4.11. The van der Waals surface area contributed by atoms with E-state index in [9.17, 15) is 9.90 Å². The van der Waals surface area contributed by atoms with Gasteiger partial charge < -0.3 is 20.1 Å². The van der Waals surface area contributed by atoms with Crippen LogP contribution in [0.5, 0.6) is 5.75 Å². The second kappa shape index (κ2) is 9.27. The second-order valence-corrected chi connectivity index (χ2v) is 8.36. The van der Waals surface area contributed by atoms with Crippen LogP contribution in [0.3, 0.4) is 0 Å². The fraction of sp³-hybridized carbons (Fsp3) is 0.231. The van der Waals surface area contributed by atoms with Crippen molar-refractivity contribution in [1.82, 2.24) is 15.3 Å². The molecular weight excluding hydrogens is 449 g/mol. The van der Waals surface area contributed by atoms with Gasteiger partial charge in [0.05, 0.1) is 30.1 Å². The number of carbonyl (C=O) groups excluding carboxylic acids is 1. The van der Waals surface area contributed by atoms with E-state index in [0.29, 0.717) is 41.2 Å². The van der Waals surface area contributed by atoms with Gasteiger partial charge in [-0.1, -0.05) is 12.7 Å². The zero-order valence-electron chi connectivity index (χ0n) is 19.2. The molecule has 0 saturated carbocycles.